The summed E-state index contributed by atoms with van der Waals surface area (Å²) in [4.78, 5) is 13.8. The first kappa shape index (κ1) is 19.3. The van der Waals surface area contributed by atoms with E-state index < -0.39 is 0 Å². The monoisotopic (exact) mass is 424 g/mol. The molecule has 7 nitrogen and oxygen atoms in total. The van der Waals surface area contributed by atoms with E-state index in [9.17, 15) is 0 Å². The molecule has 0 fully saturated rings. The van der Waals surface area contributed by atoms with Crippen LogP contribution in [0, 0.1) is 0 Å². The van der Waals surface area contributed by atoms with Crippen molar-refractivity contribution in [1.82, 2.24) is 19.6 Å². The number of aromatic nitrogens is 4. The number of methoxy groups -OCH3 is 2. The number of rotatable bonds is 5. The molecule has 1 unspecified atom stereocenters. The molecule has 0 radical (unpaired) electrons. The summed E-state index contributed by atoms with van der Waals surface area (Å²) in [6, 6.07) is 6.56. The molecule has 5 rings (SSSR count). The van der Waals surface area contributed by atoms with Gasteiger partial charge in [0.25, 0.3) is 0 Å². The van der Waals surface area contributed by atoms with Crippen LogP contribution in [0.1, 0.15) is 35.7 Å². The van der Waals surface area contributed by atoms with Crippen molar-refractivity contribution in [3.05, 3.63) is 46.4 Å². The van der Waals surface area contributed by atoms with Gasteiger partial charge in [0.1, 0.15) is 17.7 Å². The molecule has 1 aliphatic rings. The van der Waals surface area contributed by atoms with Gasteiger partial charge in [0, 0.05) is 12.8 Å². The number of fused-ring (bicyclic) bond motifs is 5. The minimum atomic E-state index is 0.626. The lowest BCUT2D eigenvalue weighted by Crippen LogP contribution is -3.14. The zero-order valence-corrected chi connectivity index (χ0v) is 18.5. The third-order valence-corrected chi connectivity index (χ3v) is 7.11. The molecule has 156 valence electrons. The van der Waals surface area contributed by atoms with E-state index in [4.69, 9.17) is 19.6 Å². The summed E-state index contributed by atoms with van der Waals surface area (Å²) in [5.74, 6) is 2.21. The summed E-state index contributed by atoms with van der Waals surface area (Å²) in [5.41, 5.74) is 3.42. The smallest absolute Gasteiger partial charge is 0.167 e. The van der Waals surface area contributed by atoms with Gasteiger partial charge in [0.15, 0.2) is 23.0 Å². The van der Waals surface area contributed by atoms with Gasteiger partial charge < -0.3 is 14.4 Å². The van der Waals surface area contributed by atoms with Crippen LogP contribution in [0.15, 0.2) is 24.5 Å². The van der Waals surface area contributed by atoms with E-state index in [1.54, 1.807) is 25.4 Å². The van der Waals surface area contributed by atoms with Crippen molar-refractivity contribution in [1.29, 1.82) is 0 Å². The van der Waals surface area contributed by atoms with Gasteiger partial charge in [0.05, 0.1) is 37.1 Å². The van der Waals surface area contributed by atoms with Gasteiger partial charge in [-0.15, -0.1) is 16.4 Å². The molecule has 0 spiro atoms. The lowest BCUT2D eigenvalue weighted by atomic mass is 10.0. The minimum absolute atomic E-state index is 0.626. The topological polar surface area (TPSA) is 66.0 Å². The summed E-state index contributed by atoms with van der Waals surface area (Å²) in [6.07, 6.45) is 3.49. The Bertz CT molecular complexity index is 1230. The molecular formula is C22H26N5O2S+. The number of nitrogens with zero attached hydrogens (tertiary/aromatic N) is 4. The second kappa shape index (κ2) is 7.52. The fourth-order valence-electron chi connectivity index (χ4n) is 4.27. The Kier molecular flexibility index (Phi) is 4.83. The summed E-state index contributed by atoms with van der Waals surface area (Å²) in [5, 5.41) is 5.88. The van der Waals surface area contributed by atoms with Crippen LogP contribution in [0.4, 0.5) is 0 Å². The average molecular weight is 425 g/mol. The Morgan fingerprint density at radius 1 is 1.20 bits per heavy atom. The van der Waals surface area contributed by atoms with Crippen LogP contribution in [-0.4, -0.2) is 46.4 Å². The Hall–Kier alpha value is -2.71. The summed E-state index contributed by atoms with van der Waals surface area (Å²) in [6.45, 7) is 6.82. The predicted molar refractivity (Wildman–Crippen MR) is 117 cm³/mol. The van der Waals surface area contributed by atoms with Crippen LogP contribution >= 0.6 is 11.3 Å². The first-order valence-electron chi connectivity index (χ1n) is 10.3. The Morgan fingerprint density at radius 3 is 2.80 bits per heavy atom. The molecule has 4 heterocycles. The van der Waals surface area contributed by atoms with Gasteiger partial charge >= 0.3 is 0 Å². The van der Waals surface area contributed by atoms with E-state index in [0.717, 1.165) is 47.1 Å². The fraction of sp³-hybridized carbons (Fsp3) is 0.409. The van der Waals surface area contributed by atoms with E-state index in [1.807, 2.05) is 34.1 Å². The van der Waals surface area contributed by atoms with Crippen LogP contribution in [0.2, 0.25) is 0 Å². The molecule has 0 bridgehead atoms. The molecule has 8 heteroatoms. The van der Waals surface area contributed by atoms with E-state index in [0.29, 0.717) is 18.2 Å². The standard InChI is InChI=1S/C22H25N5O2S/c1-13(2)26-8-7-15-18(11-26)30-22-20(15)21-24-19(25-27(21)12-23-22)10-14-5-6-16(28-3)17(9-14)29-4/h5-6,9,12-13H,7-8,10-11H2,1-4H3/p+1. The van der Waals surface area contributed by atoms with E-state index in [2.05, 4.69) is 18.8 Å². The highest BCUT2D eigenvalue weighted by Crippen LogP contribution is 2.34. The Morgan fingerprint density at radius 2 is 2.03 bits per heavy atom. The van der Waals surface area contributed by atoms with Crippen molar-refractivity contribution in [2.45, 2.75) is 39.3 Å². The molecule has 0 amide bonds. The highest BCUT2D eigenvalue weighted by atomic mass is 32.1. The van der Waals surface area contributed by atoms with Gasteiger partial charge in [0.2, 0.25) is 0 Å². The molecule has 1 aromatic carbocycles. The average Bonchev–Trinajstić information content (AvgIpc) is 3.33. The number of benzene rings is 1. The fourth-order valence-corrected chi connectivity index (χ4v) is 5.51. The third kappa shape index (κ3) is 3.20. The molecule has 1 aliphatic heterocycles. The summed E-state index contributed by atoms with van der Waals surface area (Å²) in [7, 11) is 3.29. The van der Waals surface area contributed by atoms with E-state index in [1.165, 1.54) is 15.8 Å². The number of quaternary nitrogens is 1. The van der Waals surface area contributed by atoms with Crippen LogP contribution in [0.25, 0.3) is 15.9 Å². The number of nitrogens with one attached hydrogen (secondary N) is 1. The van der Waals surface area contributed by atoms with Crippen molar-refractivity contribution < 1.29 is 14.4 Å². The normalized spacial score (nSPS) is 16.4. The third-order valence-electron chi connectivity index (χ3n) is 5.97. The summed E-state index contributed by atoms with van der Waals surface area (Å²) < 4.78 is 12.6. The van der Waals surface area contributed by atoms with E-state index >= 15 is 0 Å². The van der Waals surface area contributed by atoms with Crippen LogP contribution in [-0.2, 0) is 19.4 Å². The highest BCUT2D eigenvalue weighted by molar-refractivity contribution is 7.19. The van der Waals surface area contributed by atoms with Gasteiger partial charge in [-0.2, -0.15) is 0 Å². The van der Waals surface area contributed by atoms with Crippen molar-refractivity contribution in [2.24, 2.45) is 0 Å². The maximum absolute atomic E-state index is 5.43. The van der Waals surface area contributed by atoms with Crippen molar-refractivity contribution in [2.75, 3.05) is 20.8 Å². The quantitative estimate of drug-likeness (QED) is 0.533. The van der Waals surface area contributed by atoms with Gasteiger partial charge in [-0.05, 0) is 37.1 Å². The molecule has 0 saturated heterocycles. The zero-order chi connectivity index (χ0) is 20.8. The molecule has 1 atom stereocenters. The molecule has 30 heavy (non-hydrogen) atoms. The number of hydrogen-bond donors (Lipinski definition) is 1. The van der Waals surface area contributed by atoms with Crippen molar-refractivity contribution in [3.8, 4) is 11.5 Å². The maximum atomic E-state index is 5.43. The Labute approximate surface area is 179 Å². The SMILES string of the molecule is COc1ccc(Cc2nc3c4c5c(sc4ncn3n2)C[NH+](C(C)C)CC5)cc1OC. The van der Waals surface area contributed by atoms with Gasteiger partial charge in [-0.1, -0.05) is 6.07 Å². The van der Waals surface area contributed by atoms with Crippen molar-refractivity contribution in [3.63, 3.8) is 0 Å². The first-order chi connectivity index (χ1) is 14.6. The zero-order valence-electron chi connectivity index (χ0n) is 17.7. The molecule has 4 aromatic rings. The summed E-state index contributed by atoms with van der Waals surface area (Å²) >= 11 is 1.81. The van der Waals surface area contributed by atoms with Crippen molar-refractivity contribution >= 4 is 27.2 Å². The van der Waals surface area contributed by atoms with E-state index in [-0.39, 0.29) is 0 Å². The molecule has 3 aromatic heterocycles. The predicted octanol–water partition coefficient (Wildman–Crippen LogP) is 2.30. The second-order valence-electron chi connectivity index (χ2n) is 8.08. The second-order valence-corrected chi connectivity index (χ2v) is 9.16. The number of thiophene rings is 1. The van der Waals surface area contributed by atoms with Gasteiger partial charge in [-0.25, -0.2) is 14.5 Å². The maximum Gasteiger partial charge on any atom is 0.167 e. The van der Waals surface area contributed by atoms with Gasteiger partial charge in [-0.3, -0.25) is 0 Å². The number of hydrogen-bond acceptors (Lipinski definition) is 6. The number of ether oxygens (including phenoxy) is 2. The highest BCUT2D eigenvalue weighted by Gasteiger charge is 2.27. The first-order valence-corrected chi connectivity index (χ1v) is 11.1. The van der Waals surface area contributed by atoms with Crippen LogP contribution in [0.5, 0.6) is 11.5 Å². The molecule has 0 saturated carbocycles. The van der Waals surface area contributed by atoms with Crippen LogP contribution in [0.3, 0.4) is 0 Å². The lowest BCUT2D eigenvalue weighted by molar-refractivity contribution is -0.936. The molecular weight excluding hydrogens is 398 g/mol. The molecule has 1 N–H and O–H groups in total. The minimum Gasteiger partial charge on any atom is -0.493 e. The largest absolute Gasteiger partial charge is 0.493 e. The molecule has 0 aliphatic carbocycles. The lowest BCUT2D eigenvalue weighted by Gasteiger charge is -2.27. The Balaban J connectivity index is 1.53. The van der Waals surface area contributed by atoms with Crippen LogP contribution < -0.4 is 14.4 Å².